The molecule has 0 aromatic heterocycles. The van der Waals surface area contributed by atoms with Gasteiger partial charge < -0.3 is 15.0 Å². The van der Waals surface area contributed by atoms with Crippen molar-refractivity contribution in [2.45, 2.75) is 6.04 Å². The Hall–Kier alpha value is -1.26. The molecule has 16 heavy (non-hydrogen) atoms. The molecule has 3 rings (SSSR count). The van der Waals surface area contributed by atoms with Crippen LogP contribution in [0.15, 0.2) is 18.2 Å². The maximum absolute atomic E-state index is 11.9. The first-order valence-corrected chi connectivity index (χ1v) is 5.58. The first kappa shape index (κ1) is 9.93. The third-order valence-corrected chi connectivity index (χ3v) is 3.14. The zero-order valence-electron chi connectivity index (χ0n) is 8.57. The predicted molar refractivity (Wildman–Crippen MR) is 61.1 cm³/mol. The van der Waals surface area contributed by atoms with E-state index in [1.165, 1.54) is 0 Å². The number of ether oxygens (including phenoxy) is 1. The van der Waals surface area contributed by atoms with Gasteiger partial charge in [0.2, 0.25) is 5.91 Å². The average molecular weight is 239 g/mol. The van der Waals surface area contributed by atoms with E-state index >= 15 is 0 Å². The van der Waals surface area contributed by atoms with Crippen molar-refractivity contribution in [2.24, 2.45) is 0 Å². The van der Waals surface area contributed by atoms with Gasteiger partial charge in [0.05, 0.1) is 18.3 Å². The Labute approximate surface area is 98.1 Å². The van der Waals surface area contributed by atoms with Gasteiger partial charge in [-0.05, 0) is 12.1 Å². The van der Waals surface area contributed by atoms with Crippen molar-refractivity contribution in [3.8, 4) is 5.75 Å². The van der Waals surface area contributed by atoms with Crippen LogP contribution >= 0.6 is 11.6 Å². The van der Waals surface area contributed by atoms with Crippen molar-refractivity contribution >= 4 is 23.2 Å². The number of nitrogens with one attached hydrogen (secondary N) is 1. The molecule has 2 aliphatic heterocycles. The summed E-state index contributed by atoms with van der Waals surface area (Å²) in [5, 5.41) is 3.70. The molecular formula is C11H11ClN2O2. The van der Waals surface area contributed by atoms with E-state index in [4.69, 9.17) is 16.3 Å². The number of hydrogen-bond acceptors (Lipinski definition) is 3. The highest BCUT2D eigenvalue weighted by atomic mass is 35.5. The lowest BCUT2D eigenvalue weighted by Gasteiger charge is -2.40. The number of carbonyl (C=O) groups excluding carboxylic acids is 1. The highest BCUT2D eigenvalue weighted by Crippen LogP contribution is 2.36. The van der Waals surface area contributed by atoms with E-state index in [1.807, 2.05) is 11.0 Å². The molecule has 1 unspecified atom stereocenters. The summed E-state index contributed by atoms with van der Waals surface area (Å²) in [6.45, 7) is 1.68. The minimum Gasteiger partial charge on any atom is -0.489 e. The molecule has 1 fully saturated rings. The number of carbonyl (C=O) groups is 1. The van der Waals surface area contributed by atoms with Crippen LogP contribution in [0.4, 0.5) is 5.69 Å². The molecule has 5 heteroatoms. The molecule has 1 aromatic carbocycles. The lowest BCUT2D eigenvalue weighted by Crippen LogP contribution is -2.58. The molecule has 1 N–H and O–H groups in total. The summed E-state index contributed by atoms with van der Waals surface area (Å²) in [6, 6.07) is 5.46. The summed E-state index contributed by atoms with van der Waals surface area (Å²) in [6.07, 6.45) is 0. The van der Waals surface area contributed by atoms with E-state index in [2.05, 4.69) is 5.32 Å². The summed E-state index contributed by atoms with van der Waals surface area (Å²) in [5.41, 5.74) is 0.826. The molecule has 1 atom stereocenters. The number of piperazine rings is 1. The first-order valence-electron chi connectivity index (χ1n) is 5.21. The number of rotatable bonds is 0. The van der Waals surface area contributed by atoms with Crippen LogP contribution in [-0.4, -0.2) is 31.6 Å². The van der Waals surface area contributed by atoms with Crippen molar-refractivity contribution in [1.29, 1.82) is 0 Å². The smallest absolute Gasteiger partial charge is 0.241 e. The third-order valence-electron chi connectivity index (χ3n) is 2.90. The van der Waals surface area contributed by atoms with Crippen molar-refractivity contribution in [2.75, 3.05) is 24.6 Å². The Morgan fingerprint density at radius 1 is 1.50 bits per heavy atom. The number of anilines is 1. The van der Waals surface area contributed by atoms with Gasteiger partial charge in [0, 0.05) is 17.6 Å². The minimum absolute atomic E-state index is 0.0862. The Bertz CT molecular complexity index is 450. The predicted octanol–water partition coefficient (Wildman–Crippen LogP) is 1.04. The molecule has 2 heterocycles. The monoisotopic (exact) mass is 238 g/mol. The van der Waals surface area contributed by atoms with E-state index in [0.29, 0.717) is 23.9 Å². The summed E-state index contributed by atoms with van der Waals surface area (Å²) in [7, 11) is 0. The van der Waals surface area contributed by atoms with Crippen LogP contribution in [-0.2, 0) is 4.79 Å². The number of benzene rings is 1. The van der Waals surface area contributed by atoms with Crippen LogP contribution in [0, 0.1) is 0 Å². The summed E-state index contributed by atoms with van der Waals surface area (Å²) in [4.78, 5) is 13.7. The zero-order chi connectivity index (χ0) is 11.1. The van der Waals surface area contributed by atoms with Gasteiger partial charge in [-0.2, -0.15) is 0 Å². The van der Waals surface area contributed by atoms with Crippen LogP contribution in [0.5, 0.6) is 5.75 Å². The summed E-state index contributed by atoms with van der Waals surface area (Å²) < 4.78 is 5.60. The van der Waals surface area contributed by atoms with Crippen LogP contribution in [0.1, 0.15) is 0 Å². The van der Waals surface area contributed by atoms with E-state index in [9.17, 15) is 4.79 Å². The third kappa shape index (κ3) is 1.45. The lowest BCUT2D eigenvalue weighted by atomic mass is 10.1. The fraction of sp³-hybridized carbons (Fsp3) is 0.364. The van der Waals surface area contributed by atoms with Crippen molar-refractivity contribution < 1.29 is 9.53 Å². The molecule has 1 saturated heterocycles. The summed E-state index contributed by atoms with van der Waals surface area (Å²) in [5.74, 6) is 0.780. The van der Waals surface area contributed by atoms with Crippen LogP contribution in [0.2, 0.25) is 5.02 Å². The molecule has 1 amide bonds. The van der Waals surface area contributed by atoms with E-state index in [-0.39, 0.29) is 11.9 Å². The molecule has 0 bridgehead atoms. The van der Waals surface area contributed by atoms with Gasteiger partial charge in [-0.15, -0.1) is 0 Å². The zero-order valence-corrected chi connectivity index (χ0v) is 9.33. The Morgan fingerprint density at radius 3 is 3.25 bits per heavy atom. The van der Waals surface area contributed by atoms with E-state index in [1.54, 1.807) is 12.1 Å². The van der Waals surface area contributed by atoms with Gasteiger partial charge in [-0.3, -0.25) is 4.79 Å². The van der Waals surface area contributed by atoms with Gasteiger partial charge in [-0.1, -0.05) is 11.6 Å². The Kier molecular flexibility index (Phi) is 2.26. The van der Waals surface area contributed by atoms with Crippen LogP contribution in [0.3, 0.4) is 0 Å². The second-order valence-corrected chi connectivity index (χ2v) is 4.41. The molecule has 2 aliphatic rings. The minimum atomic E-state index is 0.0862. The van der Waals surface area contributed by atoms with Gasteiger partial charge >= 0.3 is 0 Å². The topological polar surface area (TPSA) is 41.6 Å². The largest absolute Gasteiger partial charge is 0.489 e. The molecule has 1 aromatic rings. The molecule has 84 valence electrons. The van der Waals surface area contributed by atoms with Gasteiger partial charge in [0.1, 0.15) is 12.4 Å². The van der Waals surface area contributed by atoms with E-state index in [0.717, 1.165) is 12.2 Å². The normalized spacial score (nSPS) is 23.4. The van der Waals surface area contributed by atoms with Crippen molar-refractivity contribution in [3.05, 3.63) is 23.2 Å². The number of amides is 1. The number of halogens is 1. The quantitative estimate of drug-likeness (QED) is 0.734. The maximum Gasteiger partial charge on any atom is 0.241 e. The second-order valence-electron chi connectivity index (χ2n) is 3.97. The Morgan fingerprint density at radius 2 is 2.38 bits per heavy atom. The molecule has 0 saturated carbocycles. The van der Waals surface area contributed by atoms with Crippen LogP contribution in [0.25, 0.3) is 0 Å². The molecule has 0 spiro atoms. The highest BCUT2D eigenvalue weighted by molar-refractivity contribution is 6.30. The van der Waals surface area contributed by atoms with Gasteiger partial charge in [0.15, 0.2) is 0 Å². The maximum atomic E-state index is 11.9. The molecular weight excluding hydrogens is 228 g/mol. The second kappa shape index (κ2) is 3.64. The number of hydrogen-bond donors (Lipinski definition) is 1. The fourth-order valence-electron chi connectivity index (χ4n) is 2.18. The molecule has 0 radical (unpaired) electrons. The van der Waals surface area contributed by atoms with Gasteiger partial charge in [0.25, 0.3) is 0 Å². The standard InChI is InChI=1S/C11H11ClN2O2/c12-7-1-2-9-10(3-7)16-6-8-4-13-5-11(15)14(8)9/h1-3,8,13H,4-6H2. The van der Waals surface area contributed by atoms with Gasteiger partial charge in [-0.25, -0.2) is 0 Å². The Balaban J connectivity index is 2.06. The number of fused-ring (bicyclic) bond motifs is 3. The average Bonchev–Trinajstić information content (AvgIpc) is 2.29. The lowest BCUT2D eigenvalue weighted by molar-refractivity contribution is -0.119. The van der Waals surface area contributed by atoms with E-state index < -0.39 is 0 Å². The molecule has 4 nitrogen and oxygen atoms in total. The number of nitrogens with zero attached hydrogens (tertiary/aromatic N) is 1. The van der Waals surface area contributed by atoms with Crippen LogP contribution < -0.4 is 15.0 Å². The SMILES string of the molecule is O=C1CNCC2COc3cc(Cl)ccc3N12. The fourth-order valence-corrected chi connectivity index (χ4v) is 2.34. The van der Waals surface area contributed by atoms with Crippen molar-refractivity contribution in [1.82, 2.24) is 5.32 Å². The summed E-state index contributed by atoms with van der Waals surface area (Å²) >= 11 is 5.89. The highest BCUT2D eigenvalue weighted by Gasteiger charge is 2.34. The first-order chi connectivity index (χ1) is 7.75. The molecule has 0 aliphatic carbocycles. The van der Waals surface area contributed by atoms with Crippen molar-refractivity contribution in [3.63, 3.8) is 0 Å².